The Kier molecular flexibility index (Phi) is 8.19. The second-order valence-corrected chi connectivity index (χ2v) is 11.0. The summed E-state index contributed by atoms with van der Waals surface area (Å²) in [6.45, 7) is 11.1. The van der Waals surface area contributed by atoms with Crippen LogP contribution in [0.2, 0.25) is 5.02 Å². The molecule has 1 aliphatic carbocycles. The highest BCUT2D eigenvalue weighted by atomic mass is 35.5. The van der Waals surface area contributed by atoms with Crippen LogP contribution >= 0.6 is 11.6 Å². The normalized spacial score (nSPS) is 22.1. The van der Waals surface area contributed by atoms with Gasteiger partial charge in [0.1, 0.15) is 5.76 Å². The van der Waals surface area contributed by atoms with Crippen molar-refractivity contribution in [2.75, 3.05) is 48.3 Å². The summed E-state index contributed by atoms with van der Waals surface area (Å²) in [5, 5.41) is 7.47. The van der Waals surface area contributed by atoms with Gasteiger partial charge in [-0.25, -0.2) is 0 Å². The first-order valence-corrected chi connectivity index (χ1v) is 14.6. The lowest BCUT2D eigenvalue weighted by atomic mass is 9.97. The van der Waals surface area contributed by atoms with E-state index in [1.807, 2.05) is 63.9 Å². The molecule has 1 N–H and O–H groups in total. The summed E-state index contributed by atoms with van der Waals surface area (Å²) in [5.41, 5.74) is 5.47. The second-order valence-electron chi connectivity index (χ2n) is 10.6. The van der Waals surface area contributed by atoms with Gasteiger partial charge in [0, 0.05) is 62.1 Å². The molecule has 0 bridgehead atoms. The molecule has 2 aromatic carbocycles. The Morgan fingerprint density at radius 3 is 2.48 bits per heavy atom. The summed E-state index contributed by atoms with van der Waals surface area (Å²) in [6.07, 6.45) is 1.17. The van der Waals surface area contributed by atoms with E-state index >= 15 is 0 Å². The number of nitrogens with one attached hydrogen (secondary N) is 1. The van der Waals surface area contributed by atoms with Gasteiger partial charge in [-0.15, -0.1) is 0 Å². The van der Waals surface area contributed by atoms with Crippen molar-refractivity contribution in [1.29, 1.82) is 0 Å². The molecule has 8 nitrogen and oxygen atoms in total. The van der Waals surface area contributed by atoms with Gasteiger partial charge in [0.2, 0.25) is 11.8 Å². The van der Waals surface area contributed by atoms with Crippen LogP contribution in [-0.2, 0) is 16.0 Å². The Labute approximate surface area is 241 Å². The quantitative estimate of drug-likeness (QED) is 0.433. The number of hydrogen-bond donors (Lipinski definition) is 1. The van der Waals surface area contributed by atoms with E-state index in [2.05, 4.69) is 38.5 Å². The Morgan fingerprint density at radius 2 is 1.80 bits per heavy atom. The zero-order valence-electron chi connectivity index (χ0n) is 23.9. The molecule has 1 saturated heterocycles. The molecule has 2 amide bonds. The van der Waals surface area contributed by atoms with E-state index < -0.39 is 0 Å². The number of benzene rings is 2. The number of aromatic nitrogens is 1. The number of nitrogens with zero attached hydrogens (tertiary/aromatic N) is 4. The first-order valence-electron chi connectivity index (χ1n) is 14.2. The molecule has 3 aliphatic rings. The minimum atomic E-state index is -0.136. The minimum absolute atomic E-state index is 0.130. The lowest BCUT2D eigenvalue weighted by Gasteiger charge is -2.41. The Morgan fingerprint density at radius 1 is 1.07 bits per heavy atom. The van der Waals surface area contributed by atoms with Crippen molar-refractivity contribution >= 4 is 40.5 Å². The lowest BCUT2D eigenvalue weighted by Crippen LogP contribution is -2.48. The lowest BCUT2D eigenvalue weighted by molar-refractivity contribution is -0.120. The van der Waals surface area contributed by atoms with Crippen LogP contribution < -0.4 is 15.1 Å². The largest absolute Gasteiger partial charge is 0.368 e. The van der Waals surface area contributed by atoms with Crippen LogP contribution in [-0.4, -0.2) is 55.1 Å². The first kappa shape index (κ1) is 28.2. The van der Waals surface area contributed by atoms with E-state index in [9.17, 15) is 9.59 Å². The number of para-hydroxylation sites is 1. The summed E-state index contributed by atoms with van der Waals surface area (Å²) in [4.78, 5) is 32.2. The molecule has 2 aliphatic heterocycles. The molecule has 3 unspecified atom stereocenters. The Hall–Kier alpha value is -3.36. The van der Waals surface area contributed by atoms with Gasteiger partial charge >= 0.3 is 0 Å². The summed E-state index contributed by atoms with van der Waals surface area (Å²) in [5.74, 6) is 1.29. The van der Waals surface area contributed by atoms with E-state index in [1.165, 1.54) is 5.56 Å². The number of aryl methyl sites for hydroxylation is 2. The maximum Gasteiger partial charge on any atom is 0.230 e. The average molecular weight is 564 g/mol. The van der Waals surface area contributed by atoms with Crippen LogP contribution in [0.4, 0.5) is 17.1 Å². The monoisotopic (exact) mass is 563 g/mol. The van der Waals surface area contributed by atoms with Crippen LogP contribution in [0.25, 0.3) is 0 Å². The number of rotatable bonds is 5. The third kappa shape index (κ3) is 5.34. The highest BCUT2D eigenvalue weighted by molar-refractivity contribution is 6.33. The average Bonchev–Trinajstić information content (AvgIpc) is 3.70. The number of halogens is 1. The van der Waals surface area contributed by atoms with Gasteiger partial charge in [-0.3, -0.25) is 14.5 Å². The van der Waals surface area contributed by atoms with Gasteiger partial charge in [-0.05, 0) is 56.0 Å². The van der Waals surface area contributed by atoms with Crippen molar-refractivity contribution in [2.24, 2.45) is 11.8 Å². The number of carbonyl (C=O) groups is 2. The molecule has 3 aromatic rings. The van der Waals surface area contributed by atoms with E-state index in [1.54, 1.807) is 0 Å². The molecule has 1 saturated carbocycles. The number of carbonyl (C=O) groups excluding carboxylic acids is 2. The smallest absolute Gasteiger partial charge is 0.230 e. The van der Waals surface area contributed by atoms with Crippen molar-refractivity contribution in [1.82, 2.24) is 10.1 Å². The van der Waals surface area contributed by atoms with Crippen LogP contribution in [0.15, 0.2) is 47.0 Å². The summed E-state index contributed by atoms with van der Waals surface area (Å²) in [6, 6.07) is 14.3. The van der Waals surface area contributed by atoms with E-state index in [0.29, 0.717) is 22.4 Å². The molecule has 212 valence electrons. The highest BCUT2D eigenvalue weighted by Gasteiger charge is 2.54. The van der Waals surface area contributed by atoms with Crippen molar-refractivity contribution in [3.63, 3.8) is 0 Å². The number of fused-ring (bicyclic) bond motifs is 2. The third-order valence-corrected chi connectivity index (χ3v) is 8.61. The molecule has 6 rings (SSSR count). The summed E-state index contributed by atoms with van der Waals surface area (Å²) < 4.78 is 5.16. The SMILES string of the molecule is CC.Cc1noc(C)c1CC(=O)Nc1ccc(N2CCN(C3c4ccccc4N(C)C(=O)C4CC43)CC2)c(Cl)c1. The third-order valence-electron chi connectivity index (χ3n) is 8.31. The van der Waals surface area contributed by atoms with Gasteiger partial charge < -0.3 is 19.6 Å². The van der Waals surface area contributed by atoms with Gasteiger partial charge in [0.15, 0.2) is 0 Å². The second kappa shape index (κ2) is 11.6. The summed E-state index contributed by atoms with van der Waals surface area (Å²) >= 11 is 6.70. The zero-order valence-corrected chi connectivity index (χ0v) is 24.7. The van der Waals surface area contributed by atoms with Crippen molar-refractivity contribution < 1.29 is 14.1 Å². The van der Waals surface area contributed by atoms with Crippen LogP contribution in [0.1, 0.15) is 48.9 Å². The molecular formula is C31H38ClN5O3. The number of amides is 2. The Balaban J connectivity index is 0.00000158. The molecule has 9 heteroatoms. The van der Waals surface area contributed by atoms with Crippen LogP contribution in [0, 0.1) is 25.7 Å². The van der Waals surface area contributed by atoms with E-state index in [-0.39, 0.29) is 30.2 Å². The van der Waals surface area contributed by atoms with Crippen molar-refractivity contribution in [3.8, 4) is 0 Å². The van der Waals surface area contributed by atoms with Crippen molar-refractivity contribution in [3.05, 3.63) is 70.1 Å². The minimum Gasteiger partial charge on any atom is -0.368 e. The predicted molar refractivity (Wildman–Crippen MR) is 159 cm³/mol. The van der Waals surface area contributed by atoms with Crippen LogP contribution in [0.5, 0.6) is 0 Å². The highest BCUT2D eigenvalue weighted by Crippen LogP contribution is 2.55. The fourth-order valence-corrected chi connectivity index (χ4v) is 6.46. The fourth-order valence-electron chi connectivity index (χ4n) is 6.16. The topological polar surface area (TPSA) is 81.9 Å². The molecule has 40 heavy (non-hydrogen) atoms. The van der Waals surface area contributed by atoms with E-state index in [4.69, 9.17) is 16.1 Å². The van der Waals surface area contributed by atoms with Crippen LogP contribution in [0.3, 0.4) is 0 Å². The van der Waals surface area contributed by atoms with Crippen molar-refractivity contribution in [2.45, 2.75) is 46.6 Å². The summed E-state index contributed by atoms with van der Waals surface area (Å²) in [7, 11) is 1.90. The maximum absolute atomic E-state index is 12.9. The molecule has 2 fully saturated rings. The molecule has 0 spiro atoms. The molecule has 3 heterocycles. The fraction of sp³-hybridized carbons (Fsp3) is 0.452. The zero-order chi connectivity index (χ0) is 28.6. The molecule has 0 radical (unpaired) electrons. The predicted octanol–water partition coefficient (Wildman–Crippen LogP) is 5.63. The maximum atomic E-state index is 12.9. The van der Waals surface area contributed by atoms with Gasteiger partial charge in [0.05, 0.1) is 22.8 Å². The first-order chi connectivity index (χ1) is 19.3. The molecular weight excluding hydrogens is 526 g/mol. The number of anilines is 3. The number of hydrogen-bond acceptors (Lipinski definition) is 6. The molecule has 3 atom stereocenters. The van der Waals surface area contributed by atoms with Gasteiger partial charge in [-0.2, -0.15) is 0 Å². The standard InChI is InChI=1S/C29H32ClN5O3.C2H6/c1-17-21(18(2)38-32-17)16-27(36)31-19-8-9-26(24(30)14-19)34-10-12-35(13-11-34)28-20-6-4-5-7-25(20)33(3)29(37)23-15-22(23)28;1-2/h4-9,14,22-23,28H,10-13,15-16H2,1-3H3,(H,31,36);1-2H3. The van der Waals surface area contributed by atoms with E-state index in [0.717, 1.165) is 55.2 Å². The van der Waals surface area contributed by atoms with Gasteiger partial charge in [0.25, 0.3) is 0 Å². The van der Waals surface area contributed by atoms with Gasteiger partial charge in [-0.1, -0.05) is 48.8 Å². The molecule has 1 aromatic heterocycles. The number of piperazine rings is 1. The Bertz CT molecular complexity index is 1380.